The summed E-state index contributed by atoms with van der Waals surface area (Å²) in [5, 5.41) is 7.45. The number of aryl methyl sites for hydroxylation is 2. The van der Waals surface area contributed by atoms with Gasteiger partial charge in [-0.15, -0.1) is 0 Å². The average molecular weight is 332 g/mol. The molecule has 0 radical (unpaired) electrons. The number of nitrogens with one attached hydrogen (secondary N) is 2. The fraction of sp³-hybridized carbons (Fsp3) is 0.706. The van der Waals surface area contributed by atoms with E-state index >= 15 is 0 Å². The maximum Gasteiger partial charge on any atom is 0.156 e. The molecular weight excluding hydrogens is 304 g/mol. The van der Waals surface area contributed by atoms with E-state index in [2.05, 4.69) is 52.8 Å². The number of methoxy groups -OCH3 is 1. The Bertz CT molecular complexity index is 679. The largest absolute Gasteiger partial charge is 0.380 e. The van der Waals surface area contributed by atoms with Gasteiger partial charge in [-0.3, -0.25) is 10.00 Å². The fourth-order valence-corrected chi connectivity index (χ4v) is 3.12. The number of H-pyrrole nitrogens is 2. The van der Waals surface area contributed by atoms with Crippen molar-refractivity contribution in [2.45, 2.75) is 65.1 Å². The second kappa shape index (κ2) is 6.29. The molecule has 0 amide bonds. The van der Waals surface area contributed by atoms with Gasteiger partial charge in [0.1, 0.15) is 11.6 Å². The molecule has 7 nitrogen and oxygen atoms in total. The summed E-state index contributed by atoms with van der Waals surface area (Å²) in [4.78, 5) is 15.1. The molecule has 1 saturated heterocycles. The maximum absolute atomic E-state index is 5.60. The molecule has 0 saturated carbocycles. The third kappa shape index (κ3) is 3.37. The molecule has 2 N–H and O–H groups in total. The molecule has 132 valence electrons. The lowest BCUT2D eigenvalue weighted by atomic mass is 9.96. The van der Waals surface area contributed by atoms with E-state index in [9.17, 15) is 0 Å². The molecule has 2 aromatic rings. The Hall–Kier alpha value is -1.73. The molecule has 1 aliphatic heterocycles. The van der Waals surface area contributed by atoms with Crippen LogP contribution in [0.15, 0.2) is 0 Å². The molecule has 3 rings (SSSR count). The Labute approximate surface area is 143 Å². The van der Waals surface area contributed by atoms with Gasteiger partial charge in [-0.2, -0.15) is 5.10 Å². The number of ether oxygens (including phenoxy) is 1. The van der Waals surface area contributed by atoms with Gasteiger partial charge in [0.15, 0.2) is 5.82 Å². The summed E-state index contributed by atoms with van der Waals surface area (Å²) in [6.07, 6.45) is 1.15. The SMILES string of the molecule is CO[C@@H]1C[C@@H](c2nc(C)c(C)[nH]2)N(Cc2nc(C(C)(C)C)n[nH]2)C1. The van der Waals surface area contributed by atoms with Gasteiger partial charge in [-0.1, -0.05) is 20.8 Å². The van der Waals surface area contributed by atoms with E-state index in [1.54, 1.807) is 7.11 Å². The molecule has 0 aromatic carbocycles. The van der Waals surface area contributed by atoms with Gasteiger partial charge >= 0.3 is 0 Å². The first kappa shape index (κ1) is 17.1. The Balaban J connectivity index is 1.80. The van der Waals surface area contributed by atoms with Crippen molar-refractivity contribution in [2.75, 3.05) is 13.7 Å². The van der Waals surface area contributed by atoms with Gasteiger partial charge in [0.25, 0.3) is 0 Å². The van der Waals surface area contributed by atoms with Crippen LogP contribution in [0.2, 0.25) is 0 Å². The third-order valence-electron chi connectivity index (χ3n) is 4.72. The molecule has 7 heteroatoms. The third-order valence-corrected chi connectivity index (χ3v) is 4.72. The smallest absolute Gasteiger partial charge is 0.156 e. The van der Waals surface area contributed by atoms with Crippen LogP contribution in [0.25, 0.3) is 0 Å². The molecule has 1 fully saturated rings. The topological polar surface area (TPSA) is 82.7 Å². The predicted octanol–water partition coefficient (Wildman–Crippen LogP) is 2.40. The minimum atomic E-state index is -0.0521. The van der Waals surface area contributed by atoms with Crippen molar-refractivity contribution in [3.63, 3.8) is 0 Å². The fourth-order valence-electron chi connectivity index (χ4n) is 3.12. The van der Waals surface area contributed by atoms with E-state index in [0.717, 1.165) is 41.8 Å². The number of hydrogen-bond acceptors (Lipinski definition) is 5. The first-order chi connectivity index (χ1) is 11.3. The normalized spacial score (nSPS) is 22.4. The lowest BCUT2D eigenvalue weighted by Crippen LogP contribution is -2.26. The second-order valence-electron chi connectivity index (χ2n) is 7.73. The number of rotatable bonds is 4. The van der Waals surface area contributed by atoms with E-state index < -0.39 is 0 Å². The summed E-state index contributed by atoms with van der Waals surface area (Å²) >= 11 is 0. The van der Waals surface area contributed by atoms with Gasteiger partial charge in [-0.05, 0) is 20.3 Å². The molecule has 0 unspecified atom stereocenters. The summed E-state index contributed by atoms with van der Waals surface area (Å²) < 4.78 is 5.60. The lowest BCUT2D eigenvalue weighted by Gasteiger charge is -2.21. The van der Waals surface area contributed by atoms with Crippen LogP contribution in [0.5, 0.6) is 0 Å². The molecule has 0 bridgehead atoms. The zero-order valence-electron chi connectivity index (χ0n) is 15.5. The highest BCUT2D eigenvalue weighted by Gasteiger charge is 2.36. The first-order valence-corrected chi connectivity index (χ1v) is 8.49. The van der Waals surface area contributed by atoms with Crippen LogP contribution in [-0.4, -0.2) is 49.8 Å². The van der Waals surface area contributed by atoms with Crippen molar-refractivity contribution in [1.29, 1.82) is 0 Å². The number of hydrogen-bond donors (Lipinski definition) is 2. The van der Waals surface area contributed by atoms with E-state index in [1.165, 1.54) is 0 Å². The van der Waals surface area contributed by atoms with Gasteiger partial charge in [0, 0.05) is 24.8 Å². The summed E-state index contributed by atoms with van der Waals surface area (Å²) in [5.41, 5.74) is 2.13. The van der Waals surface area contributed by atoms with Gasteiger partial charge in [0.2, 0.25) is 0 Å². The minimum Gasteiger partial charge on any atom is -0.380 e. The van der Waals surface area contributed by atoms with Gasteiger partial charge < -0.3 is 9.72 Å². The van der Waals surface area contributed by atoms with E-state index in [-0.39, 0.29) is 17.6 Å². The molecular formula is C17H28N6O. The summed E-state index contributed by atoms with van der Waals surface area (Å²) in [6.45, 7) is 12.0. The van der Waals surface area contributed by atoms with Crippen LogP contribution in [0.1, 0.15) is 62.1 Å². The van der Waals surface area contributed by atoms with Crippen LogP contribution < -0.4 is 0 Å². The number of likely N-dealkylation sites (tertiary alicyclic amines) is 1. The molecule has 24 heavy (non-hydrogen) atoms. The quantitative estimate of drug-likeness (QED) is 0.898. The summed E-state index contributed by atoms with van der Waals surface area (Å²) in [6, 6.07) is 0.213. The Morgan fingerprint density at radius 3 is 2.54 bits per heavy atom. The van der Waals surface area contributed by atoms with Crippen molar-refractivity contribution in [1.82, 2.24) is 30.0 Å². The minimum absolute atomic E-state index is 0.0521. The molecule has 2 atom stereocenters. The molecule has 3 heterocycles. The highest BCUT2D eigenvalue weighted by atomic mass is 16.5. The van der Waals surface area contributed by atoms with Crippen molar-refractivity contribution < 1.29 is 4.74 Å². The molecule has 1 aliphatic rings. The average Bonchev–Trinajstić information content (AvgIpc) is 3.19. The van der Waals surface area contributed by atoms with Gasteiger partial charge in [0.05, 0.1) is 24.4 Å². The molecule has 2 aromatic heterocycles. The molecule has 0 spiro atoms. The van der Waals surface area contributed by atoms with E-state index in [0.29, 0.717) is 6.54 Å². The predicted molar refractivity (Wildman–Crippen MR) is 91.7 cm³/mol. The Morgan fingerprint density at radius 1 is 1.25 bits per heavy atom. The maximum atomic E-state index is 5.60. The van der Waals surface area contributed by atoms with Crippen LogP contribution in [-0.2, 0) is 16.7 Å². The van der Waals surface area contributed by atoms with Crippen molar-refractivity contribution in [3.05, 3.63) is 28.9 Å². The standard InChI is InChI=1S/C17H28N6O/c1-10-11(2)19-15(18-10)13-7-12(24-6)8-23(13)9-14-20-16(22-21-14)17(3,4)5/h12-13H,7-9H2,1-6H3,(H,18,19)(H,20,21,22)/t12-,13+/m1/s1. The highest BCUT2D eigenvalue weighted by Crippen LogP contribution is 2.33. The van der Waals surface area contributed by atoms with Crippen LogP contribution in [0, 0.1) is 13.8 Å². The van der Waals surface area contributed by atoms with Crippen LogP contribution >= 0.6 is 0 Å². The lowest BCUT2D eigenvalue weighted by molar-refractivity contribution is 0.107. The summed E-state index contributed by atoms with van der Waals surface area (Å²) in [7, 11) is 1.77. The number of imidazole rings is 1. The Morgan fingerprint density at radius 2 is 2.00 bits per heavy atom. The summed E-state index contributed by atoms with van der Waals surface area (Å²) in [5.74, 6) is 2.75. The monoisotopic (exact) mass is 332 g/mol. The van der Waals surface area contributed by atoms with Crippen LogP contribution in [0.3, 0.4) is 0 Å². The zero-order valence-corrected chi connectivity index (χ0v) is 15.5. The van der Waals surface area contributed by atoms with Crippen molar-refractivity contribution >= 4 is 0 Å². The number of nitrogens with zero attached hydrogens (tertiary/aromatic N) is 4. The Kier molecular flexibility index (Phi) is 4.48. The number of aromatic amines is 2. The highest BCUT2D eigenvalue weighted by molar-refractivity contribution is 5.15. The van der Waals surface area contributed by atoms with E-state index in [4.69, 9.17) is 9.72 Å². The van der Waals surface area contributed by atoms with Gasteiger partial charge in [-0.25, -0.2) is 9.97 Å². The van der Waals surface area contributed by atoms with E-state index in [1.807, 2.05) is 6.92 Å². The second-order valence-corrected chi connectivity index (χ2v) is 7.73. The van der Waals surface area contributed by atoms with Crippen LogP contribution in [0.4, 0.5) is 0 Å². The number of aromatic nitrogens is 5. The van der Waals surface area contributed by atoms with Crippen molar-refractivity contribution in [2.24, 2.45) is 0 Å². The zero-order chi connectivity index (χ0) is 17.5. The first-order valence-electron chi connectivity index (χ1n) is 8.49. The molecule has 0 aliphatic carbocycles. The van der Waals surface area contributed by atoms with Crippen molar-refractivity contribution in [3.8, 4) is 0 Å².